The lowest BCUT2D eigenvalue weighted by atomic mass is 10.2. The normalized spacial score (nSPS) is 12.3. The van der Waals surface area contributed by atoms with Gasteiger partial charge in [-0.25, -0.2) is 4.98 Å². The molecule has 0 radical (unpaired) electrons. The van der Waals surface area contributed by atoms with Gasteiger partial charge in [0.1, 0.15) is 11.5 Å². The van der Waals surface area contributed by atoms with Crippen molar-refractivity contribution in [1.29, 1.82) is 0 Å². The van der Waals surface area contributed by atoms with Crippen LogP contribution >= 0.6 is 0 Å². The molecule has 152 valence electrons. The Balaban J connectivity index is 1.86. The number of hydrogen-bond acceptors (Lipinski definition) is 4. The van der Waals surface area contributed by atoms with Gasteiger partial charge in [0, 0.05) is 18.8 Å². The molecule has 0 aliphatic carbocycles. The zero-order chi connectivity index (χ0) is 20.6. The summed E-state index contributed by atoms with van der Waals surface area (Å²) in [5.41, 5.74) is -0.842. The highest BCUT2D eigenvalue weighted by Crippen LogP contribution is 2.30. The summed E-state index contributed by atoms with van der Waals surface area (Å²) in [6.45, 7) is 4.37. The van der Waals surface area contributed by atoms with Crippen LogP contribution in [0, 0.1) is 0 Å². The molecule has 2 rings (SSSR count). The maximum absolute atomic E-state index is 12.5. The van der Waals surface area contributed by atoms with E-state index in [0.29, 0.717) is 24.2 Å². The van der Waals surface area contributed by atoms with E-state index in [1.807, 2.05) is 0 Å². The van der Waals surface area contributed by atoms with Crippen LogP contribution in [-0.4, -0.2) is 23.5 Å². The SMILES string of the molecule is CCCCCNC(=O)C(C)Oc1ccc(Oc2ccc(C(F)(F)F)cn2)cc1. The van der Waals surface area contributed by atoms with Crippen LogP contribution in [0.3, 0.4) is 0 Å². The van der Waals surface area contributed by atoms with Crippen molar-refractivity contribution >= 4 is 5.91 Å². The highest BCUT2D eigenvalue weighted by atomic mass is 19.4. The second-order valence-electron chi connectivity index (χ2n) is 6.21. The second kappa shape index (κ2) is 9.96. The van der Waals surface area contributed by atoms with Crippen molar-refractivity contribution in [3.05, 3.63) is 48.2 Å². The Labute approximate surface area is 161 Å². The molecule has 28 heavy (non-hydrogen) atoms. The maximum atomic E-state index is 12.5. The number of carbonyl (C=O) groups is 1. The summed E-state index contributed by atoms with van der Waals surface area (Å²) in [6.07, 6.45) is -1.30. The molecule has 1 aromatic carbocycles. The number of halogens is 3. The third-order valence-electron chi connectivity index (χ3n) is 3.87. The third kappa shape index (κ3) is 6.75. The molecule has 1 amide bonds. The Morgan fingerprint density at radius 3 is 2.36 bits per heavy atom. The molecule has 0 aliphatic heterocycles. The standard InChI is InChI=1S/C20H23F3N2O3/c1-3-4-5-12-24-19(26)14(2)27-16-7-9-17(10-8-16)28-18-11-6-15(13-25-18)20(21,22)23/h6-11,13-14H,3-5,12H2,1-2H3,(H,24,26). The van der Waals surface area contributed by atoms with Crippen molar-refractivity contribution in [2.75, 3.05) is 6.54 Å². The number of carbonyl (C=O) groups excluding carboxylic acids is 1. The minimum atomic E-state index is -4.44. The van der Waals surface area contributed by atoms with Crippen LogP contribution in [0.5, 0.6) is 17.4 Å². The van der Waals surface area contributed by atoms with Crippen molar-refractivity contribution in [2.24, 2.45) is 0 Å². The molecule has 0 aliphatic rings. The molecule has 0 saturated heterocycles. The molecule has 8 heteroatoms. The summed E-state index contributed by atoms with van der Waals surface area (Å²) in [6, 6.07) is 8.44. The lowest BCUT2D eigenvalue weighted by Crippen LogP contribution is -2.36. The topological polar surface area (TPSA) is 60.5 Å². The molecule has 2 aromatic rings. The van der Waals surface area contributed by atoms with E-state index >= 15 is 0 Å². The minimum Gasteiger partial charge on any atom is -0.481 e. The average Bonchev–Trinajstić information content (AvgIpc) is 2.66. The van der Waals surface area contributed by atoms with Crippen molar-refractivity contribution in [2.45, 2.75) is 45.4 Å². The van der Waals surface area contributed by atoms with E-state index < -0.39 is 17.8 Å². The minimum absolute atomic E-state index is 0.0430. The number of nitrogens with zero attached hydrogens (tertiary/aromatic N) is 1. The lowest BCUT2D eigenvalue weighted by molar-refractivity contribution is -0.137. The van der Waals surface area contributed by atoms with Crippen LogP contribution < -0.4 is 14.8 Å². The van der Waals surface area contributed by atoms with Gasteiger partial charge in [0.05, 0.1) is 5.56 Å². The van der Waals surface area contributed by atoms with Gasteiger partial charge in [-0.2, -0.15) is 13.2 Å². The summed E-state index contributed by atoms with van der Waals surface area (Å²) in [7, 11) is 0. The van der Waals surface area contributed by atoms with Gasteiger partial charge < -0.3 is 14.8 Å². The second-order valence-corrected chi connectivity index (χ2v) is 6.21. The molecular formula is C20H23F3N2O3. The molecule has 1 N–H and O–H groups in total. The van der Waals surface area contributed by atoms with Crippen LogP contribution in [0.4, 0.5) is 13.2 Å². The van der Waals surface area contributed by atoms with Gasteiger partial charge in [-0.05, 0) is 43.7 Å². The quantitative estimate of drug-likeness (QED) is 0.608. The van der Waals surface area contributed by atoms with Crippen LogP contribution in [0.2, 0.25) is 0 Å². The predicted octanol–water partition coefficient (Wildman–Crippen LogP) is 4.97. The largest absolute Gasteiger partial charge is 0.481 e. The first-order valence-corrected chi connectivity index (χ1v) is 9.05. The summed E-state index contributed by atoms with van der Waals surface area (Å²) >= 11 is 0. The Hall–Kier alpha value is -2.77. The third-order valence-corrected chi connectivity index (χ3v) is 3.87. The zero-order valence-electron chi connectivity index (χ0n) is 15.8. The van der Waals surface area contributed by atoms with E-state index in [2.05, 4.69) is 17.2 Å². The molecule has 1 atom stereocenters. The number of benzene rings is 1. The lowest BCUT2D eigenvalue weighted by Gasteiger charge is -2.15. The van der Waals surface area contributed by atoms with Gasteiger partial charge >= 0.3 is 6.18 Å². The fourth-order valence-electron chi connectivity index (χ4n) is 2.30. The highest BCUT2D eigenvalue weighted by Gasteiger charge is 2.30. The predicted molar refractivity (Wildman–Crippen MR) is 98.4 cm³/mol. The summed E-state index contributed by atoms with van der Waals surface area (Å²) in [5.74, 6) is 0.715. The first-order chi connectivity index (χ1) is 13.3. The van der Waals surface area contributed by atoms with E-state index in [4.69, 9.17) is 9.47 Å². The number of alkyl halides is 3. The van der Waals surface area contributed by atoms with Gasteiger partial charge in [0.25, 0.3) is 5.91 Å². The molecule has 0 saturated carbocycles. The van der Waals surface area contributed by atoms with Crippen molar-refractivity contribution < 1.29 is 27.4 Å². The van der Waals surface area contributed by atoms with Crippen LogP contribution in [0.1, 0.15) is 38.7 Å². The van der Waals surface area contributed by atoms with Crippen molar-refractivity contribution in [3.63, 3.8) is 0 Å². The molecule has 0 spiro atoms. The monoisotopic (exact) mass is 396 g/mol. The molecule has 1 heterocycles. The molecular weight excluding hydrogens is 373 g/mol. The summed E-state index contributed by atoms with van der Waals surface area (Å²) < 4.78 is 48.6. The molecule has 0 bridgehead atoms. The van der Waals surface area contributed by atoms with Gasteiger partial charge in [-0.3, -0.25) is 4.79 Å². The van der Waals surface area contributed by atoms with E-state index in [1.165, 1.54) is 0 Å². The first kappa shape index (κ1) is 21.5. The van der Waals surface area contributed by atoms with Crippen molar-refractivity contribution in [3.8, 4) is 17.4 Å². The van der Waals surface area contributed by atoms with Crippen molar-refractivity contribution in [1.82, 2.24) is 10.3 Å². The number of amides is 1. The van der Waals surface area contributed by atoms with Gasteiger partial charge in [-0.1, -0.05) is 19.8 Å². The van der Waals surface area contributed by atoms with Crippen LogP contribution in [0.15, 0.2) is 42.6 Å². The Kier molecular flexibility index (Phi) is 7.66. The van der Waals surface area contributed by atoms with E-state index in [1.54, 1.807) is 31.2 Å². The average molecular weight is 396 g/mol. The van der Waals surface area contributed by atoms with Crippen LogP contribution in [0.25, 0.3) is 0 Å². The Morgan fingerprint density at radius 1 is 1.11 bits per heavy atom. The number of hydrogen-bond donors (Lipinski definition) is 1. The summed E-state index contributed by atoms with van der Waals surface area (Å²) in [4.78, 5) is 15.6. The number of ether oxygens (including phenoxy) is 2. The van der Waals surface area contributed by atoms with Gasteiger partial charge in [0.15, 0.2) is 6.10 Å². The molecule has 5 nitrogen and oxygen atoms in total. The first-order valence-electron chi connectivity index (χ1n) is 9.05. The van der Waals surface area contributed by atoms with E-state index in [0.717, 1.165) is 31.4 Å². The molecule has 1 aromatic heterocycles. The number of nitrogens with one attached hydrogen (secondary N) is 1. The fourth-order valence-corrected chi connectivity index (χ4v) is 2.30. The molecule has 1 unspecified atom stereocenters. The Bertz CT molecular complexity index is 747. The smallest absolute Gasteiger partial charge is 0.417 e. The zero-order valence-corrected chi connectivity index (χ0v) is 15.8. The molecule has 0 fully saturated rings. The van der Waals surface area contributed by atoms with E-state index in [9.17, 15) is 18.0 Å². The number of rotatable bonds is 9. The van der Waals surface area contributed by atoms with Gasteiger partial charge in [-0.15, -0.1) is 0 Å². The maximum Gasteiger partial charge on any atom is 0.417 e. The van der Waals surface area contributed by atoms with Gasteiger partial charge in [0.2, 0.25) is 5.88 Å². The number of unbranched alkanes of at least 4 members (excludes halogenated alkanes) is 2. The Morgan fingerprint density at radius 2 is 1.79 bits per heavy atom. The number of pyridine rings is 1. The fraction of sp³-hybridized carbons (Fsp3) is 0.400. The number of aromatic nitrogens is 1. The van der Waals surface area contributed by atoms with E-state index in [-0.39, 0.29) is 11.8 Å². The highest BCUT2D eigenvalue weighted by molar-refractivity contribution is 5.80. The van der Waals surface area contributed by atoms with Crippen LogP contribution in [-0.2, 0) is 11.0 Å². The summed E-state index contributed by atoms with van der Waals surface area (Å²) in [5, 5.41) is 2.82.